The highest BCUT2D eigenvalue weighted by Crippen LogP contribution is 2.23. The van der Waals surface area contributed by atoms with Crippen molar-refractivity contribution < 1.29 is 14.3 Å². The number of aryl methyl sites for hydroxylation is 1. The van der Waals surface area contributed by atoms with Crippen LogP contribution in [-0.4, -0.2) is 34.0 Å². The topological polar surface area (TPSA) is 84.9 Å². The Labute approximate surface area is 109 Å². The molecule has 19 heavy (non-hydrogen) atoms. The lowest BCUT2D eigenvalue weighted by molar-refractivity contribution is 0.0517. The van der Waals surface area contributed by atoms with Gasteiger partial charge in [0.25, 0.3) is 0 Å². The van der Waals surface area contributed by atoms with Crippen molar-refractivity contribution >= 4 is 12.3 Å². The van der Waals surface area contributed by atoms with Gasteiger partial charge in [-0.1, -0.05) is 6.07 Å². The zero-order valence-corrected chi connectivity index (χ0v) is 10.6. The van der Waals surface area contributed by atoms with Crippen molar-refractivity contribution in [2.75, 3.05) is 6.61 Å². The van der Waals surface area contributed by atoms with E-state index < -0.39 is 5.97 Å². The molecule has 6 nitrogen and oxygen atoms in total. The number of carbonyl (C=O) groups is 2. The fourth-order valence-corrected chi connectivity index (χ4v) is 1.74. The molecule has 0 radical (unpaired) electrons. The molecule has 0 aromatic carbocycles. The second-order valence-corrected chi connectivity index (χ2v) is 3.87. The van der Waals surface area contributed by atoms with E-state index in [0.717, 1.165) is 5.56 Å². The maximum atomic E-state index is 11.7. The van der Waals surface area contributed by atoms with E-state index >= 15 is 0 Å². The standard InChI is InChI=1S/C13H13N3O3/c1-3-19-13(18)12-9(7-17)11(15-16-12)10-8(2)5-4-6-14-10/h4-7H,3H2,1-2H3,(H,15,16). The van der Waals surface area contributed by atoms with E-state index in [1.807, 2.05) is 13.0 Å². The van der Waals surface area contributed by atoms with Crippen LogP contribution in [0.25, 0.3) is 11.4 Å². The molecule has 2 aromatic heterocycles. The predicted molar refractivity (Wildman–Crippen MR) is 67.9 cm³/mol. The summed E-state index contributed by atoms with van der Waals surface area (Å²) < 4.78 is 4.86. The Morgan fingerprint density at radius 3 is 2.89 bits per heavy atom. The molecule has 0 aliphatic rings. The Balaban J connectivity index is 2.52. The van der Waals surface area contributed by atoms with Crippen LogP contribution in [0.3, 0.4) is 0 Å². The molecular formula is C13H13N3O3. The Bertz CT molecular complexity index is 619. The molecule has 2 rings (SSSR count). The van der Waals surface area contributed by atoms with Crippen LogP contribution < -0.4 is 0 Å². The van der Waals surface area contributed by atoms with Crippen molar-refractivity contribution in [3.05, 3.63) is 35.2 Å². The average Bonchev–Trinajstić information content (AvgIpc) is 2.83. The van der Waals surface area contributed by atoms with Crippen molar-refractivity contribution in [1.29, 1.82) is 0 Å². The molecule has 0 aliphatic heterocycles. The smallest absolute Gasteiger partial charge is 0.357 e. The van der Waals surface area contributed by atoms with Gasteiger partial charge in [-0.2, -0.15) is 5.10 Å². The molecule has 0 unspecified atom stereocenters. The summed E-state index contributed by atoms with van der Waals surface area (Å²) in [6.07, 6.45) is 2.19. The molecule has 2 heterocycles. The molecule has 0 aliphatic carbocycles. The van der Waals surface area contributed by atoms with Gasteiger partial charge in [0.05, 0.1) is 17.9 Å². The fraction of sp³-hybridized carbons (Fsp3) is 0.231. The minimum absolute atomic E-state index is 0.0527. The average molecular weight is 259 g/mol. The van der Waals surface area contributed by atoms with Gasteiger partial charge in [-0.05, 0) is 25.5 Å². The van der Waals surface area contributed by atoms with Crippen LogP contribution in [0.1, 0.15) is 33.3 Å². The molecule has 0 atom stereocenters. The van der Waals surface area contributed by atoms with E-state index in [9.17, 15) is 9.59 Å². The maximum absolute atomic E-state index is 11.7. The minimum Gasteiger partial charge on any atom is -0.461 e. The molecule has 0 saturated heterocycles. The fourth-order valence-electron chi connectivity index (χ4n) is 1.74. The number of hydrogen-bond acceptors (Lipinski definition) is 5. The number of nitrogens with zero attached hydrogens (tertiary/aromatic N) is 2. The summed E-state index contributed by atoms with van der Waals surface area (Å²) in [7, 11) is 0. The number of carbonyl (C=O) groups excluding carboxylic acids is 2. The zero-order valence-electron chi connectivity index (χ0n) is 10.6. The molecule has 2 aromatic rings. The van der Waals surface area contributed by atoms with Crippen LogP contribution in [0.15, 0.2) is 18.3 Å². The first-order valence-corrected chi connectivity index (χ1v) is 5.81. The number of aromatic amines is 1. The Morgan fingerprint density at radius 1 is 1.47 bits per heavy atom. The Kier molecular flexibility index (Phi) is 3.70. The summed E-state index contributed by atoms with van der Waals surface area (Å²) in [5.41, 5.74) is 2.01. The maximum Gasteiger partial charge on any atom is 0.357 e. The molecule has 0 fully saturated rings. The Hall–Kier alpha value is -2.50. The van der Waals surface area contributed by atoms with Crippen LogP contribution in [-0.2, 0) is 4.74 Å². The zero-order chi connectivity index (χ0) is 13.8. The number of pyridine rings is 1. The van der Waals surface area contributed by atoms with Gasteiger partial charge in [0.1, 0.15) is 5.69 Å². The van der Waals surface area contributed by atoms with Gasteiger partial charge in [-0.3, -0.25) is 14.9 Å². The van der Waals surface area contributed by atoms with Gasteiger partial charge < -0.3 is 4.74 Å². The Morgan fingerprint density at radius 2 is 2.26 bits per heavy atom. The number of aromatic nitrogens is 3. The number of nitrogens with one attached hydrogen (secondary N) is 1. The first kappa shape index (κ1) is 12.9. The number of H-pyrrole nitrogens is 1. The van der Waals surface area contributed by atoms with Gasteiger partial charge in [0.15, 0.2) is 12.0 Å². The second kappa shape index (κ2) is 5.43. The molecule has 1 N–H and O–H groups in total. The molecule has 0 saturated carbocycles. The van der Waals surface area contributed by atoms with Crippen molar-refractivity contribution in [1.82, 2.24) is 15.2 Å². The highest BCUT2D eigenvalue weighted by atomic mass is 16.5. The third kappa shape index (κ3) is 2.37. The lowest BCUT2D eigenvalue weighted by atomic mass is 10.1. The minimum atomic E-state index is -0.600. The third-order valence-electron chi connectivity index (χ3n) is 2.64. The molecule has 0 bridgehead atoms. The number of ether oxygens (including phenoxy) is 1. The van der Waals surface area contributed by atoms with Gasteiger partial charge in [0, 0.05) is 6.20 Å². The number of esters is 1. The summed E-state index contributed by atoms with van der Waals surface area (Å²) in [4.78, 5) is 27.1. The van der Waals surface area contributed by atoms with Crippen LogP contribution in [0.4, 0.5) is 0 Å². The lowest BCUT2D eigenvalue weighted by Gasteiger charge is -2.02. The van der Waals surface area contributed by atoms with Crippen molar-refractivity contribution in [3.63, 3.8) is 0 Å². The molecule has 0 spiro atoms. The van der Waals surface area contributed by atoms with Crippen molar-refractivity contribution in [2.45, 2.75) is 13.8 Å². The van der Waals surface area contributed by atoms with Crippen LogP contribution in [0.5, 0.6) is 0 Å². The van der Waals surface area contributed by atoms with Crippen molar-refractivity contribution in [3.8, 4) is 11.4 Å². The van der Waals surface area contributed by atoms with Gasteiger partial charge >= 0.3 is 5.97 Å². The lowest BCUT2D eigenvalue weighted by Crippen LogP contribution is -2.07. The van der Waals surface area contributed by atoms with Crippen LogP contribution in [0.2, 0.25) is 0 Å². The normalized spacial score (nSPS) is 10.2. The number of aldehydes is 1. The largest absolute Gasteiger partial charge is 0.461 e. The van der Waals surface area contributed by atoms with Crippen LogP contribution in [0, 0.1) is 6.92 Å². The first-order valence-electron chi connectivity index (χ1n) is 5.81. The quantitative estimate of drug-likeness (QED) is 0.668. The van der Waals surface area contributed by atoms with E-state index in [-0.39, 0.29) is 17.9 Å². The molecular weight excluding hydrogens is 246 g/mol. The highest BCUT2D eigenvalue weighted by Gasteiger charge is 2.22. The summed E-state index contributed by atoms with van der Waals surface area (Å²) in [5, 5.41) is 6.54. The second-order valence-electron chi connectivity index (χ2n) is 3.87. The van der Waals surface area contributed by atoms with E-state index in [4.69, 9.17) is 4.74 Å². The summed E-state index contributed by atoms with van der Waals surface area (Å²) in [6.45, 7) is 3.78. The van der Waals surface area contributed by atoms with Crippen molar-refractivity contribution in [2.24, 2.45) is 0 Å². The molecule has 0 amide bonds. The first-order chi connectivity index (χ1) is 9.19. The molecule has 6 heteroatoms. The summed E-state index contributed by atoms with van der Waals surface area (Å²) >= 11 is 0. The van der Waals surface area contributed by atoms with E-state index in [1.54, 1.807) is 19.2 Å². The SMILES string of the molecule is CCOC(=O)c1[nH]nc(-c2ncccc2C)c1C=O. The summed E-state index contributed by atoms with van der Waals surface area (Å²) in [5.74, 6) is -0.600. The monoisotopic (exact) mass is 259 g/mol. The predicted octanol–water partition coefficient (Wildman–Crippen LogP) is 1.77. The van der Waals surface area contributed by atoms with E-state index in [2.05, 4.69) is 15.2 Å². The van der Waals surface area contributed by atoms with Gasteiger partial charge in [-0.15, -0.1) is 0 Å². The third-order valence-corrected chi connectivity index (χ3v) is 2.64. The van der Waals surface area contributed by atoms with Gasteiger partial charge in [0.2, 0.25) is 0 Å². The van der Waals surface area contributed by atoms with Crippen LogP contribution >= 0.6 is 0 Å². The summed E-state index contributed by atoms with van der Waals surface area (Å²) in [6, 6.07) is 3.65. The highest BCUT2D eigenvalue weighted by molar-refractivity contribution is 6.00. The molecule has 98 valence electrons. The number of rotatable bonds is 4. The number of hydrogen-bond donors (Lipinski definition) is 1. The van der Waals surface area contributed by atoms with Gasteiger partial charge in [-0.25, -0.2) is 4.79 Å². The van der Waals surface area contributed by atoms with E-state index in [0.29, 0.717) is 17.7 Å². The van der Waals surface area contributed by atoms with E-state index in [1.165, 1.54) is 0 Å².